The molecule has 0 saturated heterocycles. The molecule has 6 nitrogen and oxygen atoms in total. The minimum Gasteiger partial charge on any atom is -0.456 e. The normalized spacial score (nSPS) is 12.9. The molecule has 0 N–H and O–H groups in total. The minimum atomic E-state index is -0.809. The zero-order valence-electron chi connectivity index (χ0n) is 14.4. The van der Waals surface area contributed by atoms with Crippen LogP contribution < -0.4 is 0 Å². The van der Waals surface area contributed by atoms with Gasteiger partial charge in [0.1, 0.15) is 6.54 Å². The Hall–Kier alpha value is -3.28. The van der Waals surface area contributed by atoms with E-state index in [4.69, 9.17) is 4.74 Å². The van der Waals surface area contributed by atoms with Crippen LogP contribution >= 0.6 is 0 Å². The fourth-order valence-corrected chi connectivity index (χ4v) is 2.70. The molecular formula is C20H17NO5. The summed E-state index contributed by atoms with van der Waals surface area (Å²) in [6.07, 6.45) is 0. The van der Waals surface area contributed by atoms with Crippen LogP contribution in [-0.2, 0) is 9.53 Å². The molecule has 0 bridgehead atoms. The highest BCUT2D eigenvalue weighted by Gasteiger charge is 2.36. The molecule has 0 atom stereocenters. The van der Waals surface area contributed by atoms with Gasteiger partial charge < -0.3 is 4.74 Å². The third-order valence-electron chi connectivity index (χ3n) is 4.36. The van der Waals surface area contributed by atoms with E-state index in [1.165, 1.54) is 12.1 Å². The lowest BCUT2D eigenvalue weighted by molar-refractivity contribution is -0.142. The van der Waals surface area contributed by atoms with Crippen LogP contribution in [0, 0.1) is 13.8 Å². The molecule has 3 rings (SSSR count). The van der Waals surface area contributed by atoms with Gasteiger partial charge in [0.15, 0.2) is 12.4 Å². The van der Waals surface area contributed by atoms with E-state index in [9.17, 15) is 19.2 Å². The first kappa shape index (κ1) is 17.5. The highest BCUT2D eigenvalue weighted by Crippen LogP contribution is 2.22. The molecule has 1 heterocycles. The number of carbonyl (C=O) groups is 4. The molecule has 26 heavy (non-hydrogen) atoms. The smallest absolute Gasteiger partial charge is 0.326 e. The van der Waals surface area contributed by atoms with E-state index in [-0.39, 0.29) is 16.9 Å². The van der Waals surface area contributed by atoms with Crippen LogP contribution in [0.2, 0.25) is 0 Å². The van der Waals surface area contributed by atoms with Gasteiger partial charge in [-0.05, 0) is 43.2 Å². The fourth-order valence-electron chi connectivity index (χ4n) is 2.70. The number of aryl methyl sites for hydroxylation is 2. The van der Waals surface area contributed by atoms with Gasteiger partial charge in [-0.15, -0.1) is 0 Å². The van der Waals surface area contributed by atoms with Gasteiger partial charge >= 0.3 is 5.97 Å². The quantitative estimate of drug-likeness (QED) is 0.469. The zero-order valence-corrected chi connectivity index (χ0v) is 14.4. The summed E-state index contributed by atoms with van der Waals surface area (Å²) in [5.74, 6) is -2.23. The van der Waals surface area contributed by atoms with Crippen molar-refractivity contribution in [2.45, 2.75) is 13.8 Å². The monoisotopic (exact) mass is 351 g/mol. The Morgan fingerprint density at radius 2 is 1.54 bits per heavy atom. The Morgan fingerprint density at radius 3 is 2.12 bits per heavy atom. The number of nitrogens with zero attached hydrogens (tertiary/aromatic N) is 1. The number of amides is 2. The molecular weight excluding hydrogens is 334 g/mol. The van der Waals surface area contributed by atoms with Crippen molar-refractivity contribution < 1.29 is 23.9 Å². The number of hydrogen-bond acceptors (Lipinski definition) is 5. The second-order valence-electron chi connectivity index (χ2n) is 6.12. The molecule has 0 fully saturated rings. The highest BCUT2D eigenvalue weighted by atomic mass is 16.5. The molecule has 0 aliphatic carbocycles. The van der Waals surface area contributed by atoms with E-state index in [2.05, 4.69) is 0 Å². The molecule has 0 saturated carbocycles. The first-order valence-corrected chi connectivity index (χ1v) is 8.10. The predicted molar refractivity (Wildman–Crippen MR) is 93.0 cm³/mol. The van der Waals surface area contributed by atoms with Gasteiger partial charge in [0, 0.05) is 5.56 Å². The van der Waals surface area contributed by atoms with Crippen molar-refractivity contribution in [1.82, 2.24) is 4.90 Å². The fraction of sp³-hybridized carbons (Fsp3) is 0.200. The molecule has 1 aliphatic rings. The Labute approximate surface area is 150 Å². The van der Waals surface area contributed by atoms with Gasteiger partial charge in [0.25, 0.3) is 11.8 Å². The van der Waals surface area contributed by atoms with Gasteiger partial charge in [0.2, 0.25) is 0 Å². The first-order chi connectivity index (χ1) is 12.4. The van der Waals surface area contributed by atoms with E-state index in [1.807, 2.05) is 19.9 Å². The van der Waals surface area contributed by atoms with Crippen LogP contribution in [0.4, 0.5) is 0 Å². The summed E-state index contributed by atoms with van der Waals surface area (Å²) in [4.78, 5) is 49.3. The maximum absolute atomic E-state index is 12.2. The van der Waals surface area contributed by atoms with Gasteiger partial charge in [-0.1, -0.05) is 24.3 Å². The maximum atomic E-state index is 12.2. The molecule has 2 aromatic rings. The molecule has 1 aliphatic heterocycles. The average Bonchev–Trinajstić information content (AvgIpc) is 2.87. The van der Waals surface area contributed by atoms with E-state index in [1.54, 1.807) is 24.3 Å². The predicted octanol–water partition coefficient (Wildman–Crippen LogP) is 2.33. The van der Waals surface area contributed by atoms with Crippen molar-refractivity contribution in [3.63, 3.8) is 0 Å². The van der Waals surface area contributed by atoms with E-state index >= 15 is 0 Å². The summed E-state index contributed by atoms with van der Waals surface area (Å²) < 4.78 is 4.95. The van der Waals surface area contributed by atoms with Crippen molar-refractivity contribution in [2.75, 3.05) is 13.2 Å². The molecule has 132 valence electrons. The lowest BCUT2D eigenvalue weighted by Crippen LogP contribution is -2.36. The summed E-state index contributed by atoms with van der Waals surface area (Å²) >= 11 is 0. The SMILES string of the molecule is Cc1ccc(C(=O)COC(=O)CN2C(=O)c3ccccc3C2=O)cc1C. The molecule has 2 aromatic carbocycles. The van der Waals surface area contributed by atoms with Crippen molar-refractivity contribution >= 4 is 23.6 Å². The Balaban J connectivity index is 1.60. The minimum absolute atomic E-state index is 0.261. The number of carbonyl (C=O) groups excluding carboxylic acids is 4. The Kier molecular flexibility index (Phi) is 4.67. The molecule has 0 unspecified atom stereocenters. The molecule has 2 amide bonds. The summed E-state index contributed by atoms with van der Waals surface area (Å²) in [5, 5.41) is 0. The van der Waals surface area contributed by atoms with Gasteiger partial charge in [-0.2, -0.15) is 0 Å². The van der Waals surface area contributed by atoms with Crippen LogP contribution in [0.1, 0.15) is 42.2 Å². The number of hydrogen-bond donors (Lipinski definition) is 0. The number of ether oxygens (including phenoxy) is 1. The number of ketones is 1. The summed E-state index contributed by atoms with van der Waals surface area (Å²) in [6, 6.07) is 11.6. The van der Waals surface area contributed by atoms with Crippen molar-refractivity contribution in [3.8, 4) is 0 Å². The van der Waals surface area contributed by atoms with Crippen LogP contribution in [-0.4, -0.2) is 41.6 Å². The molecule has 0 spiro atoms. The van der Waals surface area contributed by atoms with E-state index in [0.29, 0.717) is 5.56 Å². The first-order valence-electron chi connectivity index (χ1n) is 8.10. The number of benzene rings is 2. The van der Waals surface area contributed by atoms with Crippen LogP contribution in [0.3, 0.4) is 0 Å². The van der Waals surface area contributed by atoms with Gasteiger partial charge in [0.05, 0.1) is 11.1 Å². The van der Waals surface area contributed by atoms with Crippen molar-refractivity contribution in [3.05, 3.63) is 70.3 Å². The molecule has 0 aromatic heterocycles. The number of Topliss-reactive ketones (excluding diaryl/α,β-unsaturated/α-hetero) is 1. The average molecular weight is 351 g/mol. The summed E-state index contributed by atoms with van der Waals surface area (Å²) in [6.45, 7) is 2.86. The largest absolute Gasteiger partial charge is 0.456 e. The zero-order chi connectivity index (χ0) is 18.8. The third kappa shape index (κ3) is 3.26. The topological polar surface area (TPSA) is 80.8 Å². The Bertz CT molecular complexity index is 897. The second-order valence-corrected chi connectivity index (χ2v) is 6.12. The van der Waals surface area contributed by atoms with E-state index in [0.717, 1.165) is 16.0 Å². The second kappa shape index (κ2) is 6.92. The van der Waals surface area contributed by atoms with Crippen molar-refractivity contribution in [2.24, 2.45) is 0 Å². The van der Waals surface area contributed by atoms with Gasteiger partial charge in [-0.3, -0.25) is 24.1 Å². The van der Waals surface area contributed by atoms with E-state index < -0.39 is 30.9 Å². The van der Waals surface area contributed by atoms with Crippen LogP contribution in [0.25, 0.3) is 0 Å². The maximum Gasteiger partial charge on any atom is 0.326 e. The van der Waals surface area contributed by atoms with Crippen LogP contribution in [0.5, 0.6) is 0 Å². The Morgan fingerprint density at radius 1 is 0.923 bits per heavy atom. The highest BCUT2D eigenvalue weighted by molar-refractivity contribution is 6.22. The van der Waals surface area contributed by atoms with Gasteiger partial charge in [-0.25, -0.2) is 0 Å². The summed E-state index contributed by atoms with van der Waals surface area (Å²) in [5.41, 5.74) is 2.99. The standard InChI is InChI=1S/C20H17NO5/c1-12-7-8-14(9-13(12)2)17(22)11-26-18(23)10-21-19(24)15-5-3-4-6-16(15)20(21)25/h3-9H,10-11H2,1-2H3. The lowest BCUT2D eigenvalue weighted by Gasteiger charge is -2.13. The number of fused-ring (bicyclic) bond motifs is 1. The number of rotatable bonds is 5. The number of esters is 1. The van der Waals surface area contributed by atoms with Crippen LogP contribution in [0.15, 0.2) is 42.5 Å². The molecule has 0 radical (unpaired) electrons. The number of imide groups is 1. The summed E-state index contributed by atoms with van der Waals surface area (Å²) in [7, 11) is 0. The lowest BCUT2D eigenvalue weighted by atomic mass is 10.0. The molecule has 6 heteroatoms. The third-order valence-corrected chi connectivity index (χ3v) is 4.36. The van der Waals surface area contributed by atoms with Crippen molar-refractivity contribution in [1.29, 1.82) is 0 Å².